The van der Waals surface area contributed by atoms with E-state index in [4.69, 9.17) is 0 Å². The molecule has 0 aliphatic carbocycles. The molecule has 0 aromatic carbocycles. The Balaban J connectivity index is 3.46. The fourth-order valence-electron chi connectivity index (χ4n) is 0.313. The van der Waals surface area contributed by atoms with E-state index < -0.39 is 0 Å². The second kappa shape index (κ2) is 7.69. The summed E-state index contributed by atoms with van der Waals surface area (Å²) < 4.78 is 1.95. The predicted molar refractivity (Wildman–Crippen MR) is 51.6 cm³/mol. The van der Waals surface area contributed by atoms with Crippen molar-refractivity contribution in [3.63, 3.8) is 0 Å². The van der Waals surface area contributed by atoms with Crippen LogP contribution in [-0.4, -0.2) is 0 Å². The summed E-state index contributed by atoms with van der Waals surface area (Å²) in [4.78, 5) is 0. The molecule has 48 valence electrons. The van der Waals surface area contributed by atoms with Crippen LogP contribution in [0, 0.1) is 0 Å². The molecule has 0 amide bonds. The third kappa shape index (κ3) is 7.69. The van der Waals surface area contributed by atoms with E-state index in [0.29, 0.717) is 0 Å². The lowest BCUT2D eigenvalue weighted by Gasteiger charge is -1.68. The van der Waals surface area contributed by atoms with Gasteiger partial charge in [0.25, 0.3) is 0 Å². The van der Waals surface area contributed by atoms with Crippen molar-refractivity contribution in [2.75, 3.05) is 0 Å². The Morgan fingerprint density at radius 1 is 0.889 bits per heavy atom. The Kier molecular flexibility index (Phi) is 7.43. The van der Waals surface area contributed by atoms with E-state index >= 15 is 0 Å². The van der Waals surface area contributed by atoms with Crippen LogP contribution < -0.4 is 0 Å². The van der Waals surface area contributed by atoms with Crippen LogP contribution in [0.5, 0.6) is 0 Å². The molecule has 0 aromatic heterocycles. The SMILES string of the molecule is C=C/C=C/C=C/C=C/I. The zero-order chi connectivity index (χ0) is 6.95. The highest BCUT2D eigenvalue weighted by atomic mass is 127. The minimum atomic E-state index is 1.75. The molecule has 0 nitrogen and oxygen atoms in total. The normalized spacial score (nSPS) is 12.1. The molecule has 0 aromatic rings. The van der Waals surface area contributed by atoms with E-state index in [1.54, 1.807) is 6.08 Å². The highest BCUT2D eigenvalue weighted by Gasteiger charge is 1.57. The first-order valence-corrected chi connectivity index (χ1v) is 3.87. The van der Waals surface area contributed by atoms with Crippen molar-refractivity contribution in [1.82, 2.24) is 0 Å². The summed E-state index contributed by atoms with van der Waals surface area (Å²) in [5.41, 5.74) is 0. The summed E-state index contributed by atoms with van der Waals surface area (Å²) in [7, 11) is 0. The monoisotopic (exact) mass is 232 g/mol. The highest BCUT2D eigenvalue weighted by molar-refractivity contribution is 14.1. The lowest BCUT2D eigenvalue weighted by Crippen LogP contribution is -1.46. The molecule has 0 N–H and O–H groups in total. The molecule has 0 saturated heterocycles. The van der Waals surface area contributed by atoms with Crippen LogP contribution in [0.2, 0.25) is 0 Å². The Morgan fingerprint density at radius 3 is 2.00 bits per heavy atom. The second-order valence-corrected chi connectivity index (χ2v) is 2.04. The first-order chi connectivity index (χ1) is 4.41. The van der Waals surface area contributed by atoms with Gasteiger partial charge in [0.15, 0.2) is 0 Å². The van der Waals surface area contributed by atoms with E-state index in [2.05, 4.69) is 29.2 Å². The summed E-state index contributed by atoms with van der Waals surface area (Å²) >= 11 is 2.17. The molecule has 0 bridgehead atoms. The van der Waals surface area contributed by atoms with Gasteiger partial charge in [-0.1, -0.05) is 65.6 Å². The molecular formula is C8H9I. The minimum absolute atomic E-state index is 1.75. The van der Waals surface area contributed by atoms with E-state index in [1.165, 1.54) is 0 Å². The first kappa shape index (κ1) is 8.69. The molecule has 0 unspecified atom stereocenters. The lowest BCUT2D eigenvalue weighted by molar-refractivity contribution is 1.91. The summed E-state index contributed by atoms with van der Waals surface area (Å²) in [6.07, 6.45) is 11.5. The van der Waals surface area contributed by atoms with Crippen LogP contribution in [0.25, 0.3) is 0 Å². The Hall–Kier alpha value is -0.310. The number of rotatable bonds is 3. The zero-order valence-electron chi connectivity index (χ0n) is 5.13. The quantitative estimate of drug-likeness (QED) is 0.517. The van der Waals surface area contributed by atoms with Gasteiger partial charge in [-0.25, -0.2) is 0 Å². The maximum Gasteiger partial charge on any atom is -0.0234 e. The molecule has 0 rings (SSSR count). The predicted octanol–water partition coefficient (Wildman–Crippen LogP) is 3.23. The average molecular weight is 232 g/mol. The molecule has 0 spiro atoms. The first-order valence-electron chi connectivity index (χ1n) is 2.63. The van der Waals surface area contributed by atoms with Crippen LogP contribution in [0.3, 0.4) is 0 Å². The third-order valence-corrected chi connectivity index (χ3v) is 1.07. The summed E-state index contributed by atoms with van der Waals surface area (Å²) in [6.45, 7) is 3.54. The van der Waals surface area contributed by atoms with Gasteiger partial charge in [0, 0.05) is 0 Å². The zero-order valence-corrected chi connectivity index (χ0v) is 7.28. The van der Waals surface area contributed by atoms with Gasteiger partial charge in [-0.15, -0.1) is 0 Å². The summed E-state index contributed by atoms with van der Waals surface area (Å²) in [5, 5.41) is 0. The van der Waals surface area contributed by atoms with Crippen LogP contribution in [-0.2, 0) is 0 Å². The van der Waals surface area contributed by atoms with Crippen LogP contribution in [0.15, 0.2) is 47.1 Å². The average Bonchev–Trinajstić information content (AvgIpc) is 1.89. The Labute approximate surface area is 69.8 Å². The summed E-state index contributed by atoms with van der Waals surface area (Å²) in [5.74, 6) is 0. The van der Waals surface area contributed by atoms with Crippen LogP contribution in [0.1, 0.15) is 0 Å². The van der Waals surface area contributed by atoms with E-state index in [1.807, 2.05) is 34.5 Å². The Morgan fingerprint density at radius 2 is 1.44 bits per heavy atom. The van der Waals surface area contributed by atoms with Gasteiger partial charge in [0.05, 0.1) is 0 Å². The third-order valence-electron chi connectivity index (χ3n) is 0.653. The molecule has 9 heavy (non-hydrogen) atoms. The molecule has 1 heteroatoms. The van der Waals surface area contributed by atoms with Crippen molar-refractivity contribution in [1.29, 1.82) is 0 Å². The van der Waals surface area contributed by atoms with Crippen molar-refractivity contribution < 1.29 is 0 Å². The molecule has 0 heterocycles. The molecular weight excluding hydrogens is 223 g/mol. The standard InChI is InChI=1S/C8H9I/c1-2-3-4-5-6-7-8-9/h2-8H,1H2/b4-3+,6-5+,8-7+. The Bertz CT molecular complexity index is 141. The molecule has 0 saturated carbocycles. The smallest absolute Gasteiger partial charge is 0.0234 e. The summed E-state index contributed by atoms with van der Waals surface area (Å²) in [6, 6.07) is 0. The number of halogens is 1. The maximum atomic E-state index is 3.54. The van der Waals surface area contributed by atoms with Crippen molar-refractivity contribution in [2.24, 2.45) is 0 Å². The van der Waals surface area contributed by atoms with Crippen LogP contribution in [0.4, 0.5) is 0 Å². The minimum Gasteiger partial charge on any atom is -0.0991 e. The van der Waals surface area contributed by atoms with Gasteiger partial charge in [0.1, 0.15) is 0 Å². The van der Waals surface area contributed by atoms with Crippen molar-refractivity contribution >= 4 is 22.6 Å². The van der Waals surface area contributed by atoms with Gasteiger partial charge >= 0.3 is 0 Å². The van der Waals surface area contributed by atoms with E-state index in [0.717, 1.165) is 0 Å². The van der Waals surface area contributed by atoms with Crippen molar-refractivity contribution in [3.05, 3.63) is 47.1 Å². The largest absolute Gasteiger partial charge is 0.0991 e. The van der Waals surface area contributed by atoms with Crippen molar-refractivity contribution in [2.45, 2.75) is 0 Å². The van der Waals surface area contributed by atoms with E-state index in [-0.39, 0.29) is 0 Å². The molecule has 0 aliphatic rings. The fourth-order valence-corrected chi connectivity index (χ4v) is 0.553. The molecule has 0 atom stereocenters. The van der Waals surface area contributed by atoms with Crippen LogP contribution >= 0.6 is 22.6 Å². The topological polar surface area (TPSA) is 0 Å². The molecule has 0 fully saturated rings. The van der Waals surface area contributed by atoms with Gasteiger partial charge in [0.2, 0.25) is 0 Å². The molecule has 0 radical (unpaired) electrons. The highest BCUT2D eigenvalue weighted by Crippen LogP contribution is 1.85. The van der Waals surface area contributed by atoms with Gasteiger partial charge in [-0.2, -0.15) is 0 Å². The molecule has 0 aliphatic heterocycles. The van der Waals surface area contributed by atoms with Gasteiger partial charge in [-0.05, 0) is 4.08 Å². The van der Waals surface area contributed by atoms with Gasteiger partial charge in [-0.3, -0.25) is 0 Å². The lowest BCUT2D eigenvalue weighted by atomic mass is 10.4. The number of allylic oxidation sites excluding steroid dienone is 6. The van der Waals surface area contributed by atoms with Crippen molar-refractivity contribution in [3.8, 4) is 0 Å². The number of hydrogen-bond donors (Lipinski definition) is 0. The fraction of sp³-hybridized carbons (Fsp3) is 0. The number of hydrogen-bond acceptors (Lipinski definition) is 0. The van der Waals surface area contributed by atoms with E-state index in [9.17, 15) is 0 Å². The second-order valence-electron chi connectivity index (χ2n) is 1.32. The van der Waals surface area contributed by atoms with Gasteiger partial charge < -0.3 is 0 Å². The maximum absolute atomic E-state index is 3.54.